The van der Waals surface area contributed by atoms with E-state index in [1.54, 1.807) is 6.92 Å². The van der Waals surface area contributed by atoms with Gasteiger partial charge >= 0.3 is 6.18 Å². The summed E-state index contributed by atoms with van der Waals surface area (Å²) in [6, 6.07) is 13.2. The summed E-state index contributed by atoms with van der Waals surface area (Å²) in [5.41, 5.74) is 2.91. The molecule has 1 amide bonds. The number of hydrogen-bond acceptors (Lipinski definition) is 5. The normalized spacial score (nSPS) is 14.8. The number of hydrogen-bond donors (Lipinski definition) is 3. The van der Waals surface area contributed by atoms with E-state index < -0.39 is 17.8 Å². The highest BCUT2D eigenvalue weighted by Gasteiger charge is 2.30. The van der Waals surface area contributed by atoms with E-state index in [9.17, 15) is 23.1 Å². The summed E-state index contributed by atoms with van der Waals surface area (Å²) in [7, 11) is 0. The maximum atomic E-state index is 12.8. The quantitative estimate of drug-likeness (QED) is 0.483. The van der Waals surface area contributed by atoms with E-state index in [1.807, 2.05) is 12.1 Å². The van der Waals surface area contributed by atoms with Crippen LogP contribution in [0.4, 0.5) is 13.2 Å². The van der Waals surface area contributed by atoms with Crippen LogP contribution in [-0.2, 0) is 19.0 Å². The van der Waals surface area contributed by atoms with E-state index in [0.29, 0.717) is 27.7 Å². The number of nitrogens with one attached hydrogen (secondary N) is 2. The van der Waals surface area contributed by atoms with Gasteiger partial charge in [0.15, 0.2) is 0 Å². The third kappa shape index (κ3) is 5.61. The number of fused-ring (bicyclic) bond motifs is 1. The predicted octanol–water partition coefficient (Wildman–Crippen LogP) is 3.99. The van der Waals surface area contributed by atoms with E-state index >= 15 is 0 Å². The van der Waals surface area contributed by atoms with Crippen LogP contribution in [0.5, 0.6) is 0 Å². The van der Waals surface area contributed by atoms with Crippen molar-refractivity contribution >= 4 is 17.2 Å². The van der Waals surface area contributed by atoms with E-state index in [1.165, 1.54) is 23.3 Å². The van der Waals surface area contributed by atoms with Gasteiger partial charge in [0.1, 0.15) is 9.88 Å². The SMILES string of the molecule is Cc1nc(-c2ccc(C(F)(F)F)cc2)sc1C(=O)NCC(O)CNC1Cc2ccccc2C1. The Bertz CT molecular complexity index is 1100. The topological polar surface area (TPSA) is 74.2 Å². The van der Waals surface area contributed by atoms with Gasteiger partial charge < -0.3 is 15.7 Å². The predicted molar refractivity (Wildman–Crippen MR) is 121 cm³/mol. The Morgan fingerprint density at radius 1 is 1.12 bits per heavy atom. The standard InChI is InChI=1S/C24H24F3N3O2S/c1-14-21(33-23(30-14)15-6-8-18(9-7-15)24(25,26)27)22(32)29-13-20(31)12-28-19-10-16-4-2-3-5-17(16)11-19/h2-9,19-20,28,31H,10-13H2,1H3,(H,29,32). The molecule has 1 atom stereocenters. The summed E-state index contributed by atoms with van der Waals surface area (Å²) in [6.07, 6.45) is -3.32. The van der Waals surface area contributed by atoms with E-state index in [0.717, 1.165) is 36.3 Å². The summed E-state index contributed by atoms with van der Waals surface area (Å²) in [6.45, 7) is 2.12. The molecule has 0 spiro atoms. The average Bonchev–Trinajstić information content (AvgIpc) is 3.38. The number of benzene rings is 2. The second kappa shape index (κ2) is 9.62. The van der Waals surface area contributed by atoms with Crippen LogP contribution < -0.4 is 10.6 Å². The number of aromatic nitrogens is 1. The first-order chi connectivity index (χ1) is 15.7. The third-order valence-electron chi connectivity index (χ3n) is 5.65. The molecule has 174 valence electrons. The largest absolute Gasteiger partial charge is 0.416 e. The summed E-state index contributed by atoms with van der Waals surface area (Å²) in [5.74, 6) is -0.365. The monoisotopic (exact) mass is 475 g/mol. The summed E-state index contributed by atoms with van der Waals surface area (Å²) in [5, 5.41) is 16.8. The van der Waals surface area contributed by atoms with Gasteiger partial charge in [-0.15, -0.1) is 11.3 Å². The maximum absolute atomic E-state index is 12.8. The van der Waals surface area contributed by atoms with E-state index in [2.05, 4.69) is 27.8 Å². The lowest BCUT2D eigenvalue weighted by atomic mass is 10.1. The fraction of sp³-hybridized carbons (Fsp3) is 0.333. The lowest BCUT2D eigenvalue weighted by molar-refractivity contribution is -0.137. The molecule has 0 bridgehead atoms. The highest BCUT2D eigenvalue weighted by molar-refractivity contribution is 7.17. The maximum Gasteiger partial charge on any atom is 0.416 e. The van der Waals surface area contributed by atoms with Gasteiger partial charge in [-0.2, -0.15) is 13.2 Å². The Kier molecular flexibility index (Phi) is 6.83. The van der Waals surface area contributed by atoms with Crippen LogP contribution in [0.15, 0.2) is 48.5 Å². The summed E-state index contributed by atoms with van der Waals surface area (Å²) < 4.78 is 38.3. The first-order valence-electron chi connectivity index (χ1n) is 10.6. The minimum Gasteiger partial charge on any atom is -0.390 e. The molecular formula is C24H24F3N3O2S. The number of aryl methyl sites for hydroxylation is 1. The molecule has 4 rings (SSSR count). The Labute approximate surface area is 193 Å². The van der Waals surface area contributed by atoms with Crippen LogP contribution in [0.3, 0.4) is 0 Å². The third-order valence-corrected chi connectivity index (χ3v) is 6.86. The first kappa shape index (κ1) is 23.4. The number of thiazole rings is 1. The highest BCUT2D eigenvalue weighted by atomic mass is 32.1. The molecule has 1 unspecified atom stereocenters. The van der Waals surface area contributed by atoms with Gasteiger partial charge in [-0.3, -0.25) is 4.79 Å². The molecule has 5 nitrogen and oxygen atoms in total. The van der Waals surface area contributed by atoms with Crippen LogP contribution in [0, 0.1) is 6.92 Å². The molecular weight excluding hydrogens is 451 g/mol. The molecule has 1 aliphatic rings. The van der Waals surface area contributed by atoms with E-state index in [4.69, 9.17) is 0 Å². The fourth-order valence-electron chi connectivity index (χ4n) is 3.90. The minimum absolute atomic E-state index is 0.0818. The van der Waals surface area contributed by atoms with Crippen molar-refractivity contribution in [1.82, 2.24) is 15.6 Å². The van der Waals surface area contributed by atoms with Gasteiger partial charge in [-0.05, 0) is 43.0 Å². The van der Waals surface area contributed by atoms with Gasteiger partial charge in [0, 0.05) is 24.7 Å². The zero-order valence-electron chi connectivity index (χ0n) is 17.9. The molecule has 1 heterocycles. The molecule has 1 aliphatic carbocycles. The Morgan fingerprint density at radius 2 is 1.76 bits per heavy atom. The van der Waals surface area contributed by atoms with Crippen molar-refractivity contribution in [3.05, 3.63) is 75.8 Å². The number of amides is 1. The number of aliphatic hydroxyl groups excluding tert-OH is 1. The number of rotatable bonds is 7. The number of halogens is 3. The lowest BCUT2D eigenvalue weighted by Gasteiger charge is -2.16. The number of carbonyl (C=O) groups is 1. The second-order valence-corrected chi connectivity index (χ2v) is 9.15. The highest BCUT2D eigenvalue weighted by Crippen LogP contribution is 2.33. The summed E-state index contributed by atoms with van der Waals surface area (Å²) in [4.78, 5) is 17.3. The minimum atomic E-state index is -4.40. The van der Waals surface area contributed by atoms with Gasteiger partial charge in [0.2, 0.25) is 0 Å². The van der Waals surface area contributed by atoms with Crippen LogP contribution in [0.1, 0.15) is 32.1 Å². The molecule has 3 aromatic rings. The molecule has 1 aromatic heterocycles. The smallest absolute Gasteiger partial charge is 0.390 e. The molecule has 3 N–H and O–H groups in total. The van der Waals surface area contributed by atoms with Crippen LogP contribution in [-0.4, -0.2) is 41.2 Å². The van der Waals surface area contributed by atoms with Gasteiger partial charge in [0.25, 0.3) is 5.91 Å². The lowest BCUT2D eigenvalue weighted by Crippen LogP contribution is -2.41. The Morgan fingerprint density at radius 3 is 2.36 bits per heavy atom. The van der Waals surface area contributed by atoms with Crippen molar-refractivity contribution in [3.8, 4) is 10.6 Å². The molecule has 0 fully saturated rings. The number of carbonyl (C=O) groups excluding carboxylic acids is 1. The summed E-state index contributed by atoms with van der Waals surface area (Å²) >= 11 is 1.11. The molecule has 0 saturated carbocycles. The van der Waals surface area contributed by atoms with Crippen molar-refractivity contribution in [2.45, 2.75) is 38.1 Å². The Hall–Kier alpha value is -2.75. The first-order valence-corrected chi connectivity index (χ1v) is 11.4. The van der Waals surface area contributed by atoms with E-state index in [-0.39, 0.29) is 18.5 Å². The van der Waals surface area contributed by atoms with Crippen molar-refractivity contribution in [3.63, 3.8) is 0 Å². The average molecular weight is 476 g/mol. The second-order valence-electron chi connectivity index (χ2n) is 8.15. The van der Waals surface area contributed by atoms with Crippen molar-refractivity contribution in [1.29, 1.82) is 0 Å². The molecule has 2 aromatic carbocycles. The Balaban J connectivity index is 1.28. The van der Waals surface area contributed by atoms with Crippen LogP contribution in [0.2, 0.25) is 0 Å². The van der Waals surface area contributed by atoms with Crippen molar-refractivity contribution in [2.24, 2.45) is 0 Å². The zero-order chi connectivity index (χ0) is 23.6. The fourth-order valence-corrected chi connectivity index (χ4v) is 4.89. The van der Waals surface area contributed by atoms with Gasteiger partial charge in [0.05, 0.1) is 17.4 Å². The molecule has 33 heavy (non-hydrogen) atoms. The van der Waals surface area contributed by atoms with Gasteiger partial charge in [-0.25, -0.2) is 4.98 Å². The molecule has 9 heteroatoms. The zero-order valence-corrected chi connectivity index (χ0v) is 18.8. The number of aliphatic hydroxyl groups is 1. The van der Waals surface area contributed by atoms with Crippen molar-refractivity contribution < 1.29 is 23.1 Å². The van der Waals surface area contributed by atoms with Gasteiger partial charge in [-0.1, -0.05) is 36.4 Å². The molecule has 0 radical (unpaired) electrons. The van der Waals surface area contributed by atoms with Crippen molar-refractivity contribution in [2.75, 3.05) is 13.1 Å². The number of nitrogens with zero attached hydrogens (tertiary/aromatic N) is 1. The number of alkyl halides is 3. The molecule has 0 aliphatic heterocycles. The molecule has 0 saturated heterocycles. The van der Waals surface area contributed by atoms with Crippen LogP contribution in [0.25, 0.3) is 10.6 Å². The van der Waals surface area contributed by atoms with Crippen LogP contribution >= 0.6 is 11.3 Å².